The van der Waals surface area contributed by atoms with Crippen molar-refractivity contribution in [3.05, 3.63) is 73.3 Å². The highest BCUT2D eigenvalue weighted by Crippen LogP contribution is 2.27. The summed E-state index contributed by atoms with van der Waals surface area (Å²) in [4.78, 5) is 32.3. The van der Waals surface area contributed by atoms with Gasteiger partial charge in [-0.1, -0.05) is 17.7 Å². The highest BCUT2D eigenvalue weighted by Gasteiger charge is 2.15. The molecule has 0 aliphatic rings. The summed E-state index contributed by atoms with van der Waals surface area (Å²) in [6.45, 7) is 0. The number of rotatable bonds is 4. The molecule has 0 aliphatic heterocycles. The number of carbonyl (C=O) groups excluding carboxylic acids is 1. The standard InChI is InChI=1S/C14H9ClN4O5S/c15-11-5-4-9(7-12(11)19(23)24)16-14(25)17-13(20)8-2-1-3-10(6-8)18(21)22/h1-7H,(H2,16,17,20,25). The Morgan fingerprint density at radius 2 is 1.80 bits per heavy atom. The lowest BCUT2D eigenvalue weighted by molar-refractivity contribution is -0.385. The van der Waals surface area contributed by atoms with Crippen LogP contribution >= 0.6 is 23.8 Å². The van der Waals surface area contributed by atoms with Crippen LogP contribution in [0.1, 0.15) is 10.4 Å². The predicted octanol–water partition coefficient (Wildman–Crippen LogP) is 3.28. The number of anilines is 1. The summed E-state index contributed by atoms with van der Waals surface area (Å²) >= 11 is 10.7. The number of nitrogens with one attached hydrogen (secondary N) is 2. The molecule has 128 valence electrons. The number of amides is 1. The highest BCUT2D eigenvalue weighted by molar-refractivity contribution is 7.80. The average molecular weight is 381 g/mol. The molecule has 0 aromatic heterocycles. The molecule has 0 atom stereocenters. The average Bonchev–Trinajstić information content (AvgIpc) is 2.56. The van der Waals surface area contributed by atoms with Crippen molar-refractivity contribution in [2.75, 3.05) is 5.32 Å². The molecular weight excluding hydrogens is 372 g/mol. The fourth-order valence-corrected chi connectivity index (χ4v) is 2.23. The minimum Gasteiger partial charge on any atom is -0.332 e. The zero-order valence-electron chi connectivity index (χ0n) is 12.3. The predicted molar refractivity (Wildman–Crippen MR) is 94.9 cm³/mol. The van der Waals surface area contributed by atoms with E-state index in [1.165, 1.54) is 30.3 Å². The first-order chi connectivity index (χ1) is 11.8. The minimum atomic E-state index is -0.662. The van der Waals surface area contributed by atoms with E-state index in [9.17, 15) is 25.0 Å². The Morgan fingerprint density at radius 3 is 2.44 bits per heavy atom. The molecule has 0 spiro atoms. The van der Waals surface area contributed by atoms with Crippen LogP contribution in [0.25, 0.3) is 0 Å². The molecule has 0 aliphatic carbocycles. The van der Waals surface area contributed by atoms with E-state index in [2.05, 4.69) is 10.6 Å². The van der Waals surface area contributed by atoms with Crippen molar-refractivity contribution in [3.63, 3.8) is 0 Å². The number of nitrogens with zero attached hydrogens (tertiary/aromatic N) is 2. The molecule has 0 fully saturated rings. The Bertz CT molecular complexity index is 889. The van der Waals surface area contributed by atoms with Crippen molar-refractivity contribution in [1.29, 1.82) is 0 Å². The Labute approximate surface area is 150 Å². The summed E-state index contributed by atoms with van der Waals surface area (Å²) in [6, 6.07) is 9.03. The van der Waals surface area contributed by atoms with Crippen LogP contribution in [0.5, 0.6) is 0 Å². The Kier molecular flexibility index (Phi) is 5.57. The molecule has 2 aromatic rings. The van der Waals surface area contributed by atoms with Crippen LogP contribution in [0.3, 0.4) is 0 Å². The molecule has 0 heterocycles. The molecule has 11 heteroatoms. The molecule has 2 rings (SSSR count). The number of carbonyl (C=O) groups is 1. The van der Waals surface area contributed by atoms with Crippen molar-refractivity contribution < 1.29 is 14.6 Å². The first kappa shape index (κ1) is 18.2. The Hall–Kier alpha value is -3.11. The number of hydrogen-bond acceptors (Lipinski definition) is 6. The van der Waals surface area contributed by atoms with Crippen LogP contribution in [0.15, 0.2) is 42.5 Å². The number of hydrogen-bond donors (Lipinski definition) is 2. The molecule has 0 saturated heterocycles. The van der Waals surface area contributed by atoms with E-state index in [0.717, 1.165) is 12.1 Å². The Morgan fingerprint density at radius 1 is 1.08 bits per heavy atom. The van der Waals surface area contributed by atoms with Gasteiger partial charge in [0.15, 0.2) is 5.11 Å². The molecule has 0 radical (unpaired) electrons. The van der Waals surface area contributed by atoms with E-state index in [-0.39, 0.29) is 32.8 Å². The zero-order valence-corrected chi connectivity index (χ0v) is 13.8. The molecule has 0 saturated carbocycles. The number of thiocarbonyl (C=S) groups is 1. The van der Waals surface area contributed by atoms with Crippen molar-refractivity contribution in [2.24, 2.45) is 0 Å². The maximum atomic E-state index is 12.1. The van der Waals surface area contributed by atoms with Gasteiger partial charge in [-0.25, -0.2) is 0 Å². The van der Waals surface area contributed by atoms with Gasteiger partial charge < -0.3 is 5.32 Å². The van der Waals surface area contributed by atoms with Gasteiger partial charge in [-0.15, -0.1) is 0 Å². The van der Waals surface area contributed by atoms with Crippen LogP contribution in [-0.2, 0) is 0 Å². The van der Waals surface area contributed by atoms with Crippen molar-refractivity contribution >= 4 is 51.9 Å². The van der Waals surface area contributed by atoms with E-state index in [0.29, 0.717) is 0 Å². The van der Waals surface area contributed by atoms with Crippen LogP contribution in [-0.4, -0.2) is 20.9 Å². The normalized spacial score (nSPS) is 9.96. The van der Waals surface area contributed by atoms with Crippen LogP contribution in [0.2, 0.25) is 5.02 Å². The van der Waals surface area contributed by atoms with E-state index in [4.69, 9.17) is 23.8 Å². The number of benzene rings is 2. The Balaban J connectivity index is 2.09. The fourth-order valence-electron chi connectivity index (χ4n) is 1.83. The van der Waals surface area contributed by atoms with Gasteiger partial charge >= 0.3 is 0 Å². The van der Waals surface area contributed by atoms with Crippen molar-refractivity contribution in [2.45, 2.75) is 0 Å². The monoisotopic (exact) mass is 380 g/mol. The molecule has 9 nitrogen and oxygen atoms in total. The third-order valence-electron chi connectivity index (χ3n) is 2.95. The molecule has 1 amide bonds. The first-order valence-electron chi connectivity index (χ1n) is 6.58. The van der Waals surface area contributed by atoms with E-state index in [1.54, 1.807) is 0 Å². The van der Waals surface area contributed by atoms with Crippen LogP contribution < -0.4 is 10.6 Å². The molecule has 25 heavy (non-hydrogen) atoms. The molecule has 2 aromatic carbocycles. The summed E-state index contributed by atoms with van der Waals surface area (Å²) in [6.07, 6.45) is 0. The van der Waals surface area contributed by atoms with Gasteiger partial charge in [-0.2, -0.15) is 0 Å². The van der Waals surface area contributed by atoms with Gasteiger partial charge in [-0.3, -0.25) is 30.3 Å². The van der Waals surface area contributed by atoms with E-state index < -0.39 is 15.8 Å². The maximum Gasteiger partial charge on any atom is 0.289 e. The lowest BCUT2D eigenvalue weighted by atomic mass is 10.2. The topological polar surface area (TPSA) is 127 Å². The number of non-ortho nitro benzene ring substituents is 1. The summed E-state index contributed by atoms with van der Waals surface area (Å²) in [5.74, 6) is -0.662. The van der Waals surface area contributed by atoms with Gasteiger partial charge in [0.2, 0.25) is 0 Å². The third kappa shape index (κ3) is 4.68. The molecule has 2 N–H and O–H groups in total. The minimum absolute atomic E-state index is 0.0397. The number of nitro benzene ring substituents is 2. The highest BCUT2D eigenvalue weighted by atomic mass is 35.5. The van der Waals surface area contributed by atoms with E-state index in [1.807, 2.05) is 0 Å². The summed E-state index contributed by atoms with van der Waals surface area (Å²) in [7, 11) is 0. The summed E-state index contributed by atoms with van der Waals surface area (Å²) in [5, 5.41) is 26.3. The quantitative estimate of drug-likeness (QED) is 0.473. The second-order valence-electron chi connectivity index (χ2n) is 4.64. The van der Waals surface area contributed by atoms with Gasteiger partial charge in [0, 0.05) is 29.4 Å². The second kappa shape index (κ2) is 7.64. The molecule has 0 unspecified atom stereocenters. The van der Waals surface area contributed by atoms with Crippen LogP contribution in [0.4, 0.5) is 17.1 Å². The molecular formula is C14H9ClN4O5S. The SMILES string of the molecule is O=C(NC(=S)Nc1ccc(Cl)c([N+](=O)[O-])c1)c1cccc([N+](=O)[O-])c1. The van der Waals surface area contributed by atoms with Gasteiger partial charge in [0.05, 0.1) is 9.85 Å². The maximum absolute atomic E-state index is 12.1. The third-order valence-corrected chi connectivity index (χ3v) is 3.47. The molecule has 0 bridgehead atoms. The largest absolute Gasteiger partial charge is 0.332 e. The number of halogens is 1. The smallest absolute Gasteiger partial charge is 0.289 e. The summed E-state index contributed by atoms with van der Waals surface area (Å²) in [5.41, 5.74) is -0.264. The second-order valence-corrected chi connectivity index (χ2v) is 5.45. The zero-order chi connectivity index (χ0) is 18.6. The fraction of sp³-hybridized carbons (Fsp3) is 0. The van der Waals surface area contributed by atoms with E-state index >= 15 is 0 Å². The van der Waals surface area contributed by atoms with Gasteiger partial charge in [-0.05, 0) is 30.4 Å². The lowest BCUT2D eigenvalue weighted by Gasteiger charge is -2.09. The lowest BCUT2D eigenvalue weighted by Crippen LogP contribution is -2.34. The first-order valence-corrected chi connectivity index (χ1v) is 7.37. The van der Waals surface area contributed by atoms with Crippen molar-refractivity contribution in [1.82, 2.24) is 5.32 Å². The van der Waals surface area contributed by atoms with Crippen molar-refractivity contribution in [3.8, 4) is 0 Å². The van der Waals surface area contributed by atoms with Gasteiger partial charge in [0.1, 0.15) is 5.02 Å². The van der Waals surface area contributed by atoms with Gasteiger partial charge in [0.25, 0.3) is 17.3 Å². The van der Waals surface area contributed by atoms with Crippen LogP contribution in [0, 0.1) is 20.2 Å². The summed E-state index contributed by atoms with van der Waals surface area (Å²) < 4.78 is 0. The number of nitro groups is 2.